The smallest absolute Gasteiger partial charge is 0.202 e. The molecule has 0 unspecified atom stereocenters. The largest absolute Gasteiger partial charge is 0.508 e. The molecule has 1 aromatic carbocycles. The molecule has 0 bridgehead atoms. The summed E-state index contributed by atoms with van der Waals surface area (Å²) in [5.41, 5.74) is -2.32. The third kappa shape index (κ3) is 4.93. The van der Waals surface area contributed by atoms with Crippen LogP contribution in [0.4, 0.5) is 5.69 Å². The van der Waals surface area contributed by atoms with E-state index < -0.39 is 57.9 Å². The lowest BCUT2D eigenvalue weighted by Crippen LogP contribution is -2.65. The molecule has 4 atom stereocenters. The number of rotatable bonds is 7. The van der Waals surface area contributed by atoms with Crippen molar-refractivity contribution in [2.24, 2.45) is 11.8 Å². The van der Waals surface area contributed by atoms with Crippen LogP contribution in [0.1, 0.15) is 50.8 Å². The van der Waals surface area contributed by atoms with Crippen molar-refractivity contribution in [3.63, 3.8) is 0 Å². The Hall–Kier alpha value is -3.54. The van der Waals surface area contributed by atoms with E-state index in [4.69, 9.17) is 0 Å². The Bertz CT molecular complexity index is 1450. The van der Waals surface area contributed by atoms with Gasteiger partial charge in [0.2, 0.25) is 5.78 Å². The van der Waals surface area contributed by atoms with E-state index in [1.165, 1.54) is 4.90 Å². The maximum absolute atomic E-state index is 14.1. The standard InChI is InChI=1S/C31H41N3O8/c1-14(35)21-27(39)24(34(7)8)19-11-15-10-18-20(33(5)6)12-16(9-17(36)13-32-30(2,3)4)25(37)23(18)26(38)22(15)29(41)31(19,42)28(21)40/h12,15,19,24,32,37-38,40,42H,9-11,13H2,1-8H3/t15-,19-,24-,31+/m0/s1. The summed E-state index contributed by atoms with van der Waals surface area (Å²) in [6.07, 6.45) is 0.0940. The number of phenols is 1. The average molecular weight is 584 g/mol. The van der Waals surface area contributed by atoms with E-state index in [9.17, 15) is 39.6 Å². The number of likely N-dealkylation sites (N-methyl/N-ethyl adjacent to an activating group) is 1. The van der Waals surface area contributed by atoms with E-state index >= 15 is 0 Å². The van der Waals surface area contributed by atoms with E-state index in [1.54, 1.807) is 39.2 Å². The number of benzene rings is 1. The Morgan fingerprint density at radius 2 is 1.71 bits per heavy atom. The third-order valence-corrected chi connectivity index (χ3v) is 8.57. The molecule has 1 saturated carbocycles. The fourth-order valence-corrected chi connectivity index (χ4v) is 6.62. The van der Waals surface area contributed by atoms with E-state index in [0.29, 0.717) is 11.3 Å². The first-order valence-corrected chi connectivity index (χ1v) is 14.0. The number of fused-ring (bicyclic) bond motifs is 3. The third-order valence-electron chi connectivity index (χ3n) is 8.57. The van der Waals surface area contributed by atoms with Gasteiger partial charge in [-0.05, 0) is 72.2 Å². The lowest BCUT2D eigenvalue weighted by Gasteiger charge is -2.50. The Morgan fingerprint density at radius 3 is 2.24 bits per heavy atom. The van der Waals surface area contributed by atoms with Crippen molar-refractivity contribution in [3.05, 3.63) is 39.7 Å². The van der Waals surface area contributed by atoms with Gasteiger partial charge in [0.05, 0.1) is 18.2 Å². The van der Waals surface area contributed by atoms with Crippen LogP contribution in [0.3, 0.4) is 0 Å². The van der Waals surface area contributed by atoms with Gasteiger partial charge in [0.25, 0.3) is 0 Å². The molecule has 0 amide bonds. The van der Waals surface area contributed by atoms with E-state index in [-0.39, 0.29) is 59.6 Å². The molecule has 0 heterocycles. The molecule has 11 heteroatoms. The van der Waals surface area contributed by atoms with E-state index in [1.807, 2.05) is 20.8 Å². The number of carbonyl (C=O) groups is 4. The number of nitrogens with zero attached hydrogens (tertiary/aromatic N) is 2. The molecular formula is C31H41N3O8. The summed E-state index contributed by atoms with van der Waals surface area (Å²) in [7, 11) is 6.76. The summed E-state index contributed by atoms with van der Waals surface area (Å²) >= 11 is 0. The van der Waals surface area contributed by atoms with Gasteiger partial charge in [-0.2, -0.15) is 0 Å². The molecule has 0 spiro atoms. The van der Waals surface area contributed by atoms with Gasteiger partial charge < -0.3 is 30.6 Å². The van der Waals surface area contributed by atoms with Gasteiger partial charge >= 0.3 is 0 Å². The number of carbonyl (C=O) groups excluding carboxylic acids is 4. The maximum atomic E-state index is 14.1. The van der Waals surface area contributed by atoms with Crippen molar-refractivity contribution < 1.29 is 39.6 Å². The van der Waals surface area contributed by atoms with Crippen LogP contribution in [0.2, 0.25) is 0 Å². The van der Waals surface area contributed by atoms with Crippen molar-refractivity contribution >= 4 is 34.6 Å². The van der Waals surface area contributed by atoms with Gasteiger partial charge in [-0.1, -0.05) is 0 Å². The summed E-state index contributed by atoms with van der Waals surface area (Å²) in [4.78, 5) is 55.9. The number of anilines is 1. The zero-order valence-corrected chi connectivity index (χ0v) is 25.5. The first-order valence-electron chi connectivity index (χ1n) is 14.0. The summed E-state index contributed by atoms with van der Waals surface area (Å²) in [5, 5.41) is 49.0. The molecule has 0 aliphatic heterocycles. The zero-order valence-electron chi connectivity index (χ0n) is 25.5. The Labute approximate surface area is 245 Å². The van der Waals surface area contributed by atoms with Crippen LogP contribution in [0.15, 0.2) is 23.0 Å². The summed E-state index contributed by atoms with van der Waals surface area (Å²) in [6.45, 7) is 6.92. The number of ketones is 4. The van der Waals surface area contributed by atoms with Crippen LogP contribution >= 0.6 is 0 Å². The van der Waals surface area contributed by atoms with Crippen molar-refractivity contribution in [2.75, 3.05) is 39.6 Å². The fraction of sp³-hybridized carbons (Fsp3) is 0.548. The fourth-order valence-electron chi connectivity index (χ4n) is 6.62. The van der Waals surface area contributed by atoms with E-state index in [2.05, 4.69) is 5.32 Å². The minimum absolute atomic E-state index is 0.0132. The Morgan fingerprint density at radius 1 is 1.10 bits per heavy atom. The Balaban J connectivity index is 1.89. The second-order valence-corrected chi connectivity index (χ2v) is 13.1. The molecule has 0 radical (unpaired) electrons. The number of aromatic hydroxyl groups is 1. The highest BCUT2D eigenvalue weighted by atomic mass is 16.3. The summed E-state index contributed by atoms with van der Waals surface area (Å²) < 4.78 is 0. The van der Waals surface area contributed by atoms with Gasteiger partial charge in [-0.3, -0.25) is 24.1 Å². The van der Waals surface area contributed by atoms with Crippen molar-refractivity contribution in [2.45, 2.75) is 64.1 Å². The highest BCUT2D eigenvalue weighted by molar-refractivity contribution is 6.25. The van der Waals surface area contributed by atoms with Gasteiger partial charge in [0.1, 0.15) is 22.8 Å². The minimum atomic E-state index is -2.63. The average Bonchev–Trinajstić information content (AvgIpc) is 2.85. The maximum Gasteiger partial charge on any atom is 0.202 e. The van der Waals surface area contributed by atoms with Gasteiger partial charge in [-0.25, -0.2) is 0 Å². The quantitative estimate of drug-likeness (QED) is 0.296. The molecule has 5 N–H and O–H groups in total. The highest BCUT2D eigenvalue weighted by Gasteiger charge is 2.64. The second-order valence-electron chi connectivity index (χ2n) is 13.1. The predicted molar refractivity (Wildman–Crippen MR) is 157 cm³/mol. The molecule has 1 fully saturated rings. The van der Waals surface area contributed by atoms with Crippen molar-refractivity contribution in [3.8, 4) is 5.75 Å². The van der Waals surface area contributed by atoms with Gasteiger partial charge in [-0.15, -0.1) is 0 Å². The van der Waals surface area contributed by atoms with Crippen LogP contribution in [0.5, 0.6) is 5.75 Å². The number of aliphatic hydroxyl groups is 3. The number of nitrogens with one attached hydrogen (secondary N) is 1. The molecule has 42 heavy (non-hydrogen) atoms. The molecule has 228 valence electrons. The molecule has 11 nitrogen and oxygen atoms in total. The molecule has 3 aliphatic carbocycles. The number of phenolic OH excluding ortho intramolecular Hbond substituents is 1. The van der Waals surface area contributed by atoms with Gasteiger partial charge in [0.15, 0.2) is 23.0 Å². The van der Waals surface area contributed by atoms with E-state index in [0.717, 1.165) is 6.92 Å². The Kier molecular flexibility index (Phi) is 7.94. The first-order chi connectivity index (χ1) is 19.3. The van der Waals surface area contributed by atoms with Crippen molar-refractivity contribution in [1.29, 1.82) is 0 Å². The van der Waals surface area contributed by atoms with Crippen LogP contribution < -0.4 is 10.2 Å². The monoisotopic (exact) mass is 583 g/mol. The summed E-state index contributed by atoms with van der Waals surface area (Å²) in [5.74, 6) is -6.35. The van der Waals surface area contributed by atoms with Crippen LogP contribution in [-0.4, -0.2) is 100 Å². The van der Waals surface area contributed by atoms with Crippen LogP contribution in [0.25, 0.3) is 5.76 Å². The number of Topliss-reactive ketones (excluding diaryl/α,β-unsaturated/α-hetero) is 4. The first kappa shape index (κ1) is 31.4. The second kappa shape index (κ2) is 10.6. The highest BCUT2D eigenvalue weighted by Crippen LogP contribution is 2.54. The predicted octanol–water partition coefficient (Wildman–Crippen LogP) is 1.63. The number of hydrogen-bond acceptors (Lipinski definition) is 11. The molecular weight excluding hydrogens is 542 g/mol. The lowest BCUT2D eigenvalue weighted by atomic mass is 9.57. The normalized spacial score (nSPS) is 25.8. The number of aliphatic hydroxyl groups excluding tert-OH is 2. The number of hydrogen-bond donors (Lipinski definition) is 5. The minimum Gasteiger partial charge on any atom is -0.508 e. The topological polar surface area (TPSA) is 168 Å². The van der Waals surface area contributed by atoms with Crippen LogP contribution in [-0.2, 0) is 32.0 Å². The molecule has 1 aromatic rings. The molecule has 3 aliphatic rings. The molecule has 0 aromatic heterocycles. The lowest BCUT2D eigenvalue weighted by molar-refractivity contribution is -0.153. The molecule has 4 rings (SSSR count). The summed E-state index contributed by atoms with van der Waals surface area (Å²) in [6, 6.07) is 0.624. The SMILES string of the molecule is CC(=O)C1=C(O)[C@@]2(O)C(=O)C3=C(O)c4c(O)c(CC(=O)CNC(C)(C)C)cc(N(C)C)c4C[C@H]3C[C@H]2[C@H](N(C)C)C1=O. The zero-order chi connectivity index (χ0) is 31.6. The van der Waals surface area contributed by atoms with Crippen LogP contribution in [0, 0.1) is 11.8 Å². The van der Waals surface area contributed by atoms with Gasteiger partial charge in [0, 0.05) is 48.8 Å². The molecule has 0 saturated heterocycles. The van der Waals surface area contributed by atoms with Crippen molar-refractivity contribution in [1.82, 2.24) is 10.2 Å².